The third-order valence-corrected chi connectivity index (χ3v) is 6.02. The van der Waals surface area contributed by atoms with Gasteiger partial charge < -0.3 is 0 Å². The van der Waals surface area contributed by atoms with E-state index in [0.717, 1.165) is 19.6 Å². The van der Waals surface area contributed by atoms with E-state index in [2.05, 4.69) is 12.6 Å². The zero-order valence-corrected chi connectivity index (χ0v) is 13.4. The normalized spacial score (nSPS) is 11.3. The Morgan fingerprint density at radius 1 is 0.545 bits per heavy atom. The van der Waals surface area contributed by atoms with Crippen molar-refractivity contribution in [2.24, 2.45) is 0 Å². The van der Waals surface area contributed by atoms with Crippen molar-refractivity contribution in [2.45, 2.75) is 19.6 Å². The van der Waals surface area contributed by atoms with Gasteiger partial charge in [0.25, 0.3) is 0 Å². The van der Waals surface area contributed by atoms with Crippen molar-refractivity contribution in [1.82, 2.24) is 0 Å². The fourth-order valence-electron chi connectivity index (χ4n) is 2.23. The maximum Gasteiger partial charge on any atom is 0.123 e. The average molecular weight is 332 g/mol. The molecule has 3 aromatic carbocycles. The molecule has 3 rings (SSSR count). The molecule has 0 N–H and O–H groups in total. The topological polar surface area (TPSA) is 0 Å². The standard InChI is InChI=1S/C18H14F2S2/c19-13-1-7-16(8-2-13)22(17-9-3-14(20)4-10-17)18-11-5-15(21)6-12-18/h1-12,21-22H. The molecular formula is C18H14F2S2. The summed E-state index contributed by atoms with van der Waals surface area (Å²) >= 11 is 4.31. The Labute approximate surface area is 136 Å². The fourth-order valence-corrected chi connectivity index (χ4v) is 4.61. The van der Waals surface area contributed by atoms with Crippen LogP contribution < -0.4 is 0 Å². The van der Waals surface area contributed by atoms with Gasteiger partial charge in [0.2, 0.25) is 0 Å². The van der Waals surface area contributed by atoms with Crippen LogP contribution in [0.3, 0.4) is 0 Å². The third kappa shape index (κ3) is 3.34. The Balaban J connectivity index is 2.10. The second kappa shape index (κ2) is 6.55. The summed E-state index contributed by atoms with van der Waals surface area (Å²) in [5, 5.41) is 0. The Bertz CT molecular complexity index is 642. The van der Waals surface area contributed by atoms with Gasteiger partial charge in [-0.1, -0.05) is 0 Å². The minimum atomic E-state index is -0.850. The van der Waals surface area contributed by atoms with Crippen LogP contribution in [0.5, 0.6) is 0 Å². The molecule has 0 radical (unpaired) electrons. The van der Waals surface area contributed by atoms with Crippen molar-refractivity contribution in [1.29, 1.82) is 0 Å². The molecule has 3 aromatic rings. The highest BCUT2D eigenvalue weighted by atomic mass is 32.2. The predicted molar refractivity (Wildman–Crippen MR) is 90.3 cm³/mol. The molecule has 0 spiro atoms. The number of hydrogen-bond acceptors (Lipinski definition) is 1. The quantitative estimate of drug-likeness (QED) is 0.562. The first-order valence-electron chi connectivity index (χ1n) is 6.74. The molecule has 112 valence electrons. The highest BCUT2D eigenvalue weighted by Gasteiger charge is 2.13. The van der Waals surface area contributed by atoms with Gasteiger partial charge in [-0.15, -0.1) is 12.6 Å². The van der Waals surface area contributed by atoms with Gasteiger partial charge in [-0.25, -0.2) is 8.78 Å². The van der Waals surface area contributed by atoms with Crippen LogP contribution >= 0.6 is 23.5 Å². The van der Waals surface area contributed by atoms with Gasteiger partial charge in [0.15, 0.2) is 0 Å². The summed E-state index contributed by atoms with van der Waals surface area (Å²) in [6.07, 6.45) is 0. The summed E-state index contributed by atoms with van der Waals surface area (Å²) < 4.78 is 26.4. The SMILES string of the molecule is Fc1ccc([SH](c2ccc(F)cc2)c2ccc(S)cc2)cc1. The fraction of sp³-hybridized carbons (Fsp3) is 0. The van der Waals surface area contributed by atoms with E-state index in [1.54, 1.807) is 24.3 Å². The van der Waals surface area contributed by atoms with Crippen molar-refractivity contribution in [3.8, 4) is 0 Å². The molecule has 22 heavy (non-hydrogen) atoms. The molecule has 0 amide bonds. The molecule has 0 saturated heterocycles. The van der Waals surface area contributed by atoms with Crippen molar-refractivity contribution < 1.29 is 8.78 Å². The second-order valence-corrected chi connectivity index (χ2v) is 7.54. The lowest BCUT2D eigenvalue weighted by Gasteiger charge is -2.23. The highest BCUT2D eigenvalue weighted by molar-refractivity contribution is 8.17. The van der Waals surface area contributed by atoms with Crippen molar-refractivity contribution in [3.05, 3.63) is 84.4 Å². The van der Waals surface area contributed by atoms with Gasteiger partial charge in [0.1, 0.15) is 11.6 Å². The van der Waals surface area contributed by atoms with Crippen molar-refractivity contribution in [2.75, 3.05) is 0 Å². The Hall–Kier alpha value is -1.78. The minimum absolute atomic E-state index is 0.261. The largest absolute Gasteiger partial charge is 0.207 e. The maximum atomic E-state index is 13.2. The number of halogens is 2. The molecule has 4 heteroatoms. The molecule has 0 saturated carbocycles. The van der Waals surface area contributed by atoms with E-state index in [1.807, 2.05) is 24.3 Å². The summed E-state index contributed by atoms with van der Waals surface area (Å²) in [4.78, 5) is 4.05. The Morgan fingerprint density at radius 3 is 1.23 bits per heavy atom. The smallest absolute Gasteiger partial charge is 0.123 e. The predicted octanol–water partition coefficient (Wildman–Crippen LogP) is 5.73. The molecule has 0 bridgehead atoms. The molecule has 0 aromatic heterocycles. The van der Waals surface area contributed by atoms with Crippen LogP contribution in [-0.4, -0.2) is 0 Å². The van der Waals surface area contributed by atoms with Crippen molar-refractivity contribution >= 4 is 23.5 Å². The maximum absolute atomic E-state index is 13.2. The van der Waals surface area contributed by atoms with E-state index in [0.29, 0.717) is 0 Å². The van der Waals surface area contributed by atoms with E-state index >= 15 is 0 Å². The van der Waals surface area contributed by atoms with E-state index < -0.39 is 10.9 Å². The first-order valence-corrected chi connectivity index (χ1v) is 8.53. The summed E-state index contributed by atoms with van der Waals surface area (Å²) in [5.74, 6) is -0.521. The first-order chi connectivity index (χ1) is 10.6. The van der Waals surface area contributed by atoms with Crippen LogP contribution in [0, 0.1) is 11.6 Å². The van der Waals surface area contributed by atoms with Gasteiger partial charge in [-0.2, -0.15) is 10.9 Å². The summed E-state index contributed by atoms with van der Waals surface area (Å²) in [7, 11) is -0.850. The minimum Gasteiger partial charge on any atom is -0.207 e. The summed E-state index contributed by atoms with van der Waals surface area (Å²) in [6.45, 7) is 0. The van der Waals surface area contributed by atoms with Gasteiger partial charge in [0.05, 0.1) is 0 Å². The summed E-state index contributed by atoms with van der Waals surface area (Å²) in [6, 6.07) is 20.9. The molecule has 0 fully saturated rings. The molecule has 0 nitrogen and oxygen atoms in total. The zero-order valence-electron chi connectivity index (χ0n) is 11.6. The molecule has 0 heterocycles. The van der Waals surface area contributed by atoms with Crippen molar-refractivity contribution in [3.63, 3.8) is 0 Å². The van der Waals surface area contributed by atoms with Crippen LogP contribution in [0.25, 0.3) is 0 Å². The van der Waals surface area contributed by atoms with E-state index in [4.69, 9.17) is 0 Å². The Morgan fingerprint density at radius 2 is 0.864 bits per heavy atom. The third-order valence-electron chi connectivity index (χ3n) is 3.28. The van der Waals surface area contributed by atoms with Crippen LogP contribution in [-0.2, 0) is 0 Å². The monoisotopic (exact) mass is 332 g/mol. The van der Waals surface area contributed by atoms with Gasteiger partial charge >= 0.3 is 0 Å². The van der Waals surface area contributed by atoms with Crippen LogP contribution in [0.15, 0.2) is 92.4 Å². The zero-order chi connectivity index (χ0) is 15.5. The molecular weight excluding hydrogens is 318 g/mol. The van der Waals surface area contributed by atoms with Crippen LogP contribution in [0.1, 0.15) is 0 Å². The number of thiol groups is 2. The molecule has 0 atom stereocenters. The van der Waals surface area contributed by atoms with Gasteiger partial charge in [0, 0.05) is 4.90 Å². The lowest BCUT2D eigenvalue weighted by molar-refractivity contribution is 0.626. The first kappa shape index (κ1) is 15.1. The molecule has 0 aliphatic heterocycles. The molecule has 0 aliphatic carbocycles. The number of benzene rings is 3. The molecule has 0 aliphatic rings. The van der Waals surface area contributed by atoms with Crippen LogP contribution in [0.4, 0.5) is 8.78 Å². The highest BCUT2D eigenvalue weighted by Crippen LogP contribution is 2.51. The molecule has 0 unspecified atom stereocenters. The number of rotatable bonds is 3. The van der Waals surface area contributed by atoms with E-state index in [-0.39, 0.29) is 11.6 Å². The van der Waals surface area contributed by atoms with Gasteiger partial charge in [-0.05, 0) is 87.5 Å². The average Bonchev–Trinajstić information content (AvgIpc) is 2.53. The number of hydrogen-bond donors (Lipinski definition) is 2. The Kier molecular flexibility index (Phi) is 4.50. The lowest BCUT2D eigenvalue weighted by Crippen LogP contribution is -1.89. The van der Waals surface area contributed by atoms with E-state index in [1.165, 1.54) is 24.3 Å². The van der Waals surface area contributed by atoms with E-state index in [9.17, 15) is 8.78 Å². The van der Waals surface area contributed by atoms with Crippen LogP contribution in [0.2, 0.25) is 0 Å². The lowest BCUT2D eigenvalue weighted by atomic mass is 10.3. The summed E-state index contributed by atoms with van der Waals surface area (Å²) in [5.41, 5.74) is 0. The second-order valence-electron chi connectivity index (χ2n) is 4.80. The van der Waals surface area contributed by atoms with Gasteiger partial charge in [-0.3, -0.25) is 0 Å².